The van der Waals surface area contributed by atoms with Gasteiger partial charge in [-0.05, 0) is 24.6 Å². The van der Waals surface area contributed by atoms with Gasteiger partial charge in [-0.2, -0.15) is 0 Å². The highest BCUT2D eigenvalue weighted by molar-refractivity contribution is 7.89. The van der Waals surface area contributed by atoms with Crippen LogP contribution in [0.2, 0.25) is 0 Å². The van der Waals surface area contributed by atoms with Crippen molar-refractivity contribution in [2.45, 2.75) is 24.3 Å². The van der Waals surface area contributed by atoms with Crippen molar-refractivity contribution >= 4 is 17.3 Å². The molecular weight excluding hydrogens is 286 g/mol. The highest BCUT2D eigenvalue weighted by atomic mass is 32.2. The Hall–Kier alpha value is -1.82. The molecule has 2 aromatic carbocycles. The fourth-order valence-corrected chi connectivity index (χ4v) is 2.85. The van der Waals surface area contributed by atoms with Crippen molar-refractivity contribution in [3.05, 3.63) is 65.7 Å². The molecule has 0 fully saturated rings. The van der Waals surface area contributed by atoms with Gasteiger partial charge in [-0.25, -0.2) is 0 Å². The molecule has 0 spiro atoms. The van der Waals surface area contributed by atoms with E-state index in [4.69, 9.17) is 0 Å². The van der Waals surface area contributed by atoms with Crippen LogP contribution in [-0.2, 0) is 22.6 Å². The zero-order valence-corrected chi connectivity index (χ0v) is 12.5. The molecule has 0 saturated heterocycles. The first-order chi connectivity index (χ1) is 10.1. The fourth-order valence-electron chi connectivity index (χ4n) is 1.89. The third-order valence-corrected chi connectivity index (χ3v) is 4.26. The van der Waals surface area contributed by atoms with Crippen molar-refractivity contribution < 1.29 is 14.5 Å². The molecule has 5 heteroatoms. The Balaban J connectivity index is 2.05. The van der Waals surface area contributed by atoms with Gasteiger partial charge >= 0.3 is 5.97 Å². The van der Waals surface area contributed by atoms with Crippen LogP contribution < -0.4 is 4.72 Å². The van der Waals surface area contributed by atoms with Crippen molar-refractivity contribution in [2.24, 2.45) is 0 Å². The quantitative estimate of drug-likeness (QED) is 0.803. The van der Waals surface area contributed by atoms with Crippen molar-refractivity contribution in [2.75, 3.05) is 0 Å². The first-order valence-electron chi connectivity index (χ1n) is 6.57. The van der Waals surface area contributed by atoms with Crippen molar-refractivity contribution in [1.29, 1.82) is 0 Å². The number of rotatable bonds is 6. The van der Waals surface area contributed by atoms with E-state index in [1.54, 1.807) is 12.1 Å². The zero-order chi connectivity index (χ0) is 15.2. The van der Waals surface area contributed by atoms with Crippen LogP contribution in [0.1, 0.15) is 11.1 Å². The minimum Gasteiger partial charge on any atom is -0.593 e. The van der Waals surface area contributed by atoms with E-state index >= 15 is 0 Å². The number of benzene rings is 2. The Labute approximate surface area is 127 Å². The molecule has 2 N–H and O–H groups in total. The molecule has 0 aliphatic rings. The first kappa shape index (κ1) is 15.6. The second-order valence-electron chi connectivity index (χ2n) is 4.78. The largest absolute Gasteiger partial charge is 0.593 e. The topological polar surface area (TPSA) is 72.4 Å². The molecule has 2 aromatic rings. The van der Waals surface area contributed by atoms with Crippen LogP contribution in [0.5, 0.6) is 0 Å². The van der Waals surface area contributed by atoms with Gasteiger partial charge in [0.15, 0.2) is 10.9 Å². The van der Waals surface area contributed by atoms with Crippen LogP contribution in [0.15, 0.2) is 59.5 Å². The van der Waals surface area contributed by atoms with E-state index in [1.807, 2.05) is 49.4 Å². The molecule has 0 aliphatic heterocycles. The number of hydrogen-bond acceptors (Lipinski definition) is 3. The number of nitrogens with one attached hydrogen (secondary N) is 1. The minimum atomic E-state index is -1.55. The van der Waals surface area contributed by atoms with Gasteiger partial charge in [0, 0.05) is 6.42 Å². The van der Waals surface area contributed by atoms with E-state index in [9.17, 15) is 14.5 Å². The zero-order valence-electron chi connectivity index (χ0n) is 11.7. The third-order valence-electron chi connectivity index (χ3n) is 3.07. The Kier molecular flexibility index (Phi) is 5.38. The molecule has 110 valence electrons. The highest BCUT2D eigenvalue weighted by Gasteiger charge is 2.25. The number of aliphatic carboxylic acids is 1. The van der Waals surface area contributed by atoms with E-state index in [1.165, 1.54) is 0 Å². The molecule has 0 heterocycles. The maximum absolute atomic E-state index is 12.2. The summed E-state index contributed by atoms with van der Waals surface area (Å²) in [5.74, 6) is -1.01. The van der Waals surface area contributed by atoms with Crippen LogP contribution in [0.4, 0.5) is 0 Å². The Bertz CT molecular complexity index is 586. The number of carbonyl (C=O) groups is 1. The van der Waals surface area contributed by atoms with E-state index in [0.29, 0.717) is 4.90 Å². The van der Waals surface area contributed by atoms with Crippen LogP contribution in [0, 0.1) is 6.92 Å². The number of aryl methyl sites for hydroxylation is 1. The normalized spacial score (nSPS) is 13.6. The predicted molar refractivity (Wildman–Crippen MR) is 82.3 cm³/mol. The first-order valence-corrected chi connectivity index (χ1v) is 7.72. The summed E-state index contributed by atoms with van der Waals surface area (Å²) in [6.07, 6.45) is 0.285. The van der Waals surface area contributed by atoms with E-state index in [2.05, 4.69) is 4.72 Å². The van der Waals surface area contributed by atoms with Crippen LogP contribution >= 0.6 is 0 Å². The lowest BCUT2D eigenvalue weighted by atomic mass is 10.1. The number of carboxylic acids is 1. The summed E-state index contributed by atoms with van der Waals surface area (Å²) in [6.45, 7) is 1.94. The molecule has 0 amide bonds. The summed E-state index contributed by atoms with van der Waals surface area (Å²) in [7, 11) is 0. The van der Waals surface area contributed by atoms with Crippen LogP contribution in [0.3, 0.4) is 0 Å². The second kappa shape index (κ2) is 7.26. The van der Waals surface area contributed by atoms with Crippen molar-refractivity contribution in [3.8, 4) is 0 Å². The smallest absolute Gasteiger partial charge is 0.325 e. The third kappa shape index (κ3) is 4.60. The lowest BCUT2D eigenvalue weighted by Crippen LogP contribution is -2.42. The summed E-state index contributed by atoms with van der Waals surface area (Å²) < 4.78 is 14.9. The monoisotopic (exact) mass is 303 g/mol. The van der Waals surface area contributed by atoms with Gasteiger partial charge in [-0.1, -0.05) is 48.0 Å². The lowest BCUT2D eigenvalue weighted by Gasteiger charge is -2.17. The van der Waals surface area contributed by atoms with Gasteiger partial charge in [-0.15, -0.1) is 4.72 Å². The Morgan fingerprint density at radius 3 is 2.38 bits per heavy atom. The molecule has 2 atom stereocenters. The van der Waals surface area contributed by atoms with Gasteiger partial charge in [0.05, 0.1) is 11.4 Å². The van der Waals surface area contributed by atoms with Gasteiger partial charge < -0.3 is 9.66 Å². The molecule has 0 radical (unpaired) electrons. The van der Waals surface area contributed by atoms with Crippen LogP contribution in [0.25, 0.3) is 0 Å². The Morgan fingerprint density at radius 1 is 1.19 bits per heavy atom. The van der Waals surface area contributed by atoms with Gasteiger partial charge in [0.2, 0.25) is 0 Å². The summed E-state index contributed by atoms with van der Waals surface area (Å²) in [5.41, 5.74) is 1.95. The molecule has 21 heavy (non-hydrogen) atoms. The summed E-state index contributed by atoms with van der Waals surface area (Å²) in [5, 5.41) is 9.28. The lowest BCUT2D eigenvalue weighted by molar-refractivity contribution is -0.138. The molecule has 1 unspecified atom stereocenters. The van der Waals surface area contributed by atoms with Crippen LogP contribution in [-0.4, -0.2) is 21.7 Å². The molecular formula is C16H17NO3S. The fraction of sp³-hybridized carbons (Fsp3) is 0.188. The van der Waals surface area contributed by atoms with E-state index in [-0.39, 0.29) is 6.42 Å². The average molecular weight is 303 g/mol. The van der Waals surface area contributed by atoms with E-state index in [0.717, 1.165) is 11.1 Å². The highest BCUT2D eigenvalue weighted by Crippen LogP contribution is 2.12. The maximum atomic E-state index is 12.2. The van der Waals surface area contributed by atoms with Gasteiger partial charge in [0.25, 0.3) is 0 Å². The van der Waals surface area contributed by atoms with Crippen molar-refractivity contribution in [1.82, 2.24) is 4.72 Å². The maximum Gasteiger partial charge on any atom is 0.325 e. The summed E-state index contributed by atoms with van der Waals surface area (Å²) in [6, 6.07) is 15.6. The standard InChI is InChI=1S/C16H17NO3S/c1-12-7-9-14(10-8-12)21(20)17-15(16(18)19)11-13-5-3-2-4-6-13/h2-10,15,17H,11H2,1H3,(H,18,19)/t15-,21?/m0/s1. The number of carboxylic acid groups (broad SMARTS) is 1. The summed E-state index contributed by atoms with van der Waals surface area (Å²) in [4.78, 5) is 11.9. The predicted octanol–water partition coefficient (Wildman–Crippen LogP) is 2.30. The van der Waals surface area contributed by atoms with Crippen molar-refractivity contribution in [3.63, 3.8) is 0 Å². The molecule has 0 aromatic heterocycles. The average Bonchev–Trinajstić information content (AvgIpc) is 2.48. The molecule has 4 nitrogen and oxygen atoms in total. The minimum absolute atomic E-state index is 0.285. The number of hydrogen-bond donors (Lipinski definition) is 2. The molecule has 0 bridgehead atoms. The van der Waals surface area contributed by atoms with Gasteiger partial charge in [0.1, 0.15) is 0 Å². The summed E-state index contributed by atoms with van der Waals surface area (Å²) >= 11 is -1.55. The van der Waals surface area contributed by atoms with Gasteiger partial charge in [-0.3, -0.25) is 4.79 Å². The second-order valence-corrected chi connectivity index (χ2v) is 6.02. The van der Waals surface area contributed by atoms with E-state index < -0.39 is 23.4 Å². The molecule has 0 saturated carbocycles. The molecule has 2 rings (SSSR count). The molecule has 0 aliphatic carbocycles. The Morgan fingerprint density at radius 2 is 1.81 bits per heavy atom. The SMILES string of the molecule is Cc1ccc([S+]([O-])N[C@@H](Cc2ccccc2)C(=O)O)cc1.